The number of nitrogens with one attached hydrogen (secondary N) is 2. The first-order chi connectivity index (χ1) is 17.9. The van der Waals surface area contributed by atoms with Crippen molar-refractivity contribution < 1.29 is 14.3 Å². The van der Waals surface area contributed by atoms with Crippen LogP contribution in [0.4, 0.5) is 0 Å². The van der Waals surface area contributed by atoms with Gasteiger partial charge in [0.15, 0.2) is 0 Å². The molecule has 4 N–H and O–H groups in total. The van der Waals surface area contributed by atoms with Gasteiger partial charge in [-0.15, -0.1) is 0 Å². The summed E-state index contributed by atoms with van der Waals surface area (Å²) in [6, 6.07) is 4.41. The first-order valence-corrected chi connectivity index (χ1v) is 13.1. The molecule has 2 unspecified atom stereocenters. The molecule has 0 saturated carbocycles. The van der Waals surface area contributed by atoms with Gasteiger partial charge < -0.3 is 26.0 Å². The fraction of sp³-hybridized carbons (Fsp3) is 0.500. The molecule has 37 heavy (non-hydrogen) atoms. The molecule has 198 valence electrons. The summed E-state index contributed by atoms with van der Waals surface area (Å²) in [6.07, 6.45) is 9.26. The van der Waals surface area contributed by atoms with Crippen LogP contribution in [0.1, 0.15) is 48.9 Å². The summed E-state index contributed by atoms with van der Waals surface area (Å²) in [6.45, 7) is 9.00. The molecule has 2 amide bonds. The molecule has 4 rings (SSSR count). The van der Waals surface area contributed by atoms with E-state index in [0.717, 1.165) is 60.6 Å². The number of aromatic nitrogens is 2. The van der Waals surface area contributed by atoms with Gasteiger partial charge in [-0.25, -0.2) is 0 Å². The number of aryl methyl sites for hydroxylation is 2. The lowest BCUT2D eigenvalue weighted by molar-refractivity contribution is -0.129. The molecule has 3 heterocycles. The zero-order valence-corrected chi connectivity index (χ0v) is 21.6. The number of piperidine rings is 1. The average molecular weight is 507 g/mol. The summed E-state index contributed by atoms with van der Waals surface area (Å²) in [5.74, 6) is 0.673. The Morgan fingerprint density at radius 3 is 2.89 bits per heavy atom. The Morgan fingerprint density at radius 1 is 1.22 bits per heavy atom. The van der Waals surface area contributed by atoms with Crippen LogP contribution < -0.4 is 21.1 Å². The van der Waals surface area contributed by atoms with E-state index >= 15 is 0 Å². The molecule has 2 aliphatic heterocycles. The van der Waals surface area contributed by atoms with Crippen LogP contribution in [-0.4, -0.2) is 58.5 Å². The maximum absolute atomic E-state index is 13.2. The quantitative estimate of drug-likeness (QED) is 0.584. The highest BCUT2D eigenvalue weighted by atomic mass is 16.5. The molecule has 0 radical (unpaired) electrons. The number of hydrogen-bond acceptors (Lipinski definition) is 7. The number of rotatable bonds is 3. The summed E-state index contributed by atoms with van der Waals surface area (Å²) in [4.78, 5) is 36.9. The molecule has 0 aliphatic carbocycles. The molecular weight excluding hydrogens is 468 g/mol. The van der Waals surface area contributed by atoms with E-state index in [2.05, 4.69) is 32.1 Å². The maximum atomic E-state index is 13.2. The minimum atomic E-state index is -0.791. The zero-order chi connectivity index (χ0) is 26.2. The van der Waals surface area contributed by atoms with Crippen molar-refractivity contribution in [3.05, 3.63) is 65.9 Å². The van der Waals surface area contributed by atoms with Crippen molar-refractivity contribution >= 4 is 11.8 Å². The monoisotopic (exact) mass is 506 g/mol. The van der Waals surface area contributed by atoms with Crippen molar-refractivity contribution in [3.63, 3.8) is 0 Å². The number of amides is 2. The normalized spacial score (nSPS) is 23.8. The van der Waals surface area contributed by atoms with Gasteiger partial charge in [-0.3, -0.25) is 19.6 Å². The number of ether oxygens (including phenoxy) is 1. The first kappa shape index (κ1) is 26.6. The van der Waals surface area contributed by atoms with E-state index in [4.69, 9.17) is 10.5 Å². The Hall–Kier alpha value is -3.46. The molecule has 1 aromatic heterocycles. The molecule has 0 spiro atoms. The van der Waals surface area contributed by atoms with Crippen LogP contribution in [0.15, 0.2) is 49.1 Å². The van der Waals surface area contributed by atoms with E-state index in [1.54, 1.807) is 18.6 Å². The number of hydrogen-bond donors (Lipinski definition) is 3. The Morgan fingerprint density at radius 2 is 2.08 bits per heavy atom. The fourth-order valence-electron chi connectivity index (χ4n) is 4.94. The Kier molecular flexibility index (Phi) is 9.11. The predicted molar refractivity (Wildman–Crippen MR) is 141 cm³/mol. The molecular formula is C28H38N6O3. The van der Waals surface area contributed by atoms with Gasteiger partial charge in [-0.05, 0) is 68.2 Å². The molecule has 1 aromatic carbocycles. The van der Waals surface area contributed by atoms with Gasteiger partial charge in [0.2, 0.25) is 11.8 Å². The number of carbonyl (C=O) groups is 2. The molecule has 9 nitrogen and oxygen atoms in total. The number of fused-ring (bicyclic) bond motifs is 4. The second-order valence-corrected chi connectivity index (χ2v) is 10.1. The van der Waals surface area contributed by atoms with Gasteiger partial charge in [0.05, 0.1) is 18.3 Å². The summed E-state index contributed by atoms with van der Waals surface area (Å²) in [7, 11) is 0. The van der Waals surface area contributed by atoms with E-state index in [9.17, 15) is 9.59 Å². The van der Waals surface area contributed by atoms with Gasteiger partial charge in [0.1, 0.15) is 11.8 Å². The Bertz CT molecular complexity index is 1090. The minimum absolute atomic E-state index is 0.269. The highest BCUT2D eigenvalue weighted by molar-refractivity contribution is 5.89. The SMILES string of the molecule is C=C1C[C@H](N)C(=O)NC(CCc2cnccn2)C(=O)NCc2cc(ccc2C)OCCC2CCCN1C2. The van der Waals surface area contributed by atoms with Crippen molar-refractivity contribution in [3.8, 4) is 5.75 Å². The molecule has 1 fully saturated rings. The summed E-state index contributed by atoms with van der Waals surface area (Å²) >= 11 is 0. The van der Waals surface area contributed by atoms with E-state index in [-0.39, 0.29) is 11.8 Å². The third-order valence-corrected chi connectivity index (χ3v) is 7.27. The number of nitrogens with zero attached hydrogens (tertiary/aromatic N) is 3. The lowest BCUT2D eigenvalue weighted by Gasteiger charge is -2.36. The fourth-order valence-corrected chi connectivity index (χ4v) is 4.94. The first-order valence-electron chi connectivity index (χ1n) is 13.1. The third kappa shape index (κ3) is 7.52. The predicted octanol–water partition coefficient (Wildman–Crippen LogP) is 2.24. The van der Waals surface area contributed by atoms with Crippen LogP contribution in [0.2, 0.25) is 0 Å². The van der Waals surface area contributed by atoms with E-state index < -0.39 is 12.1 Å². The minimum Gasteiger partial charge on any atom is -0.494 e. The van der Waals surface area contributed by atoms with Gasteiger partial charge in [-0.1, -0.05) is 12.6 Å². The maximum Gasteiger partial charge on any atom is 0.242 e. The Balaban J connectivity index is 1.53. The van der Waals surface area contributed by atoms with Gasteiger partial charge >= 0.3 is 0 Å². The smallest absolute Gasteiger partial charge is 0.242 e. The van der Waals surface area contributed by atoms with Crippen molar-refractivity contribution in [2.24, 2.45) is 11.7 Å². The van der Waals surface area contributed by atoms with Gasteiger partial charge in [0, 0.05) is 50.3 Å². The molecule has 2 aliphatic rings. The van der Waals surface area contributed by atoms with Crippen LogP contribution in [0.5, 0.6) is 5.75 Å². The van der Waals surface area contributed by atoms with E-state index in [0.29, 0.717) is 38.3 Å². The van der Waals surface area contributed by atoms with Crippen molar-refractivity contribution in [1.29, 1.82) is 0 Å². The van der Waals surface area contributed by atoms with Crippen molar-refractivity contribution in [2.45, 2.75) is 64.1 Å². The van der Waals surface area contributed by atoms with Crippen molar-refractivity contribution in [2.75, 3.05) is 19.7 Å². The highest BCUT2D eigenvalue weighted by Crippen LogP contribution is 2.25. The van der Waals surface area contributed by atoms with Gasteiger partial charge in [0.25, 0.3) is 0 Å². The van der Waals surface area contributed by atoms with E-state index in [1.165, 1.54) is 0 Å². The molecule has 1 saturated heterocycles. The molecule has 9 heteroatoms. The van der Waals surface area contributed by atoms with Crippen LogP contribution in [-0.2, 0) is 22.6 Å². The Labute approximate surface area is 218 Å². The largest absolute Gasteiger partial charge is 0.494 e. The molecule has 4 bridgehead atoms. The third-order valence-electron chi connectivity index (χ3n) is 7.27. The number of benzene rings is 1. The number of nitrogens with two attached hydrogens (primary N) is 1. The second-order valence-electron chi connectivity index (χ2n) is 10.1. The summed E-state index contributed by atoms with van der Waals surface area (Å²) < 4.78 is 6.09. The van der Waals surface area contributed by atoms with Crippen LogP contribution in [0.3, 0.4) is 0 Å². The van der Waals surface area contributed by atoms with Crippen LogP contribution >= 0.6 is 0 Å². The highest BCUT2D eigenvalue weighted by Gasteiger charge is 2.27. The lowest BCUT2D eigenvalue weighted by Crippen LogP contribution is -2.52. The van der Waals surface area contributed by atoms with Gasteiger partial charge in [-0.2, -0.15) is 0 Å². The molecule has 2 aromatic rings. The van der Waals surface area contributed by atoms with E-state index in [1.807, 2.05) is 25.1 Å². The standard InChI is InChI=1S/C28H38N6O3/c1-19-5-7-24-15-22(19)16-32-28(36)26(8-6-23-17-30-10-11-31-23)33-27(35)25(29)14-20(2)34-12-3-4-21(18-34)9-13-37-24/h5,7,10-11,15,17,21,25-26H,2-4,6,8-9,12-14,16,18,29H2,1H3,(H,32,36)(H,33,35)/t21?,25-,26?/m0/s1. The van der Waals surface area contributed by atoms with Crippen molar-refractivity contribution in [1.82, 2.24) is 25.5 Å². The molecule has 3 atom stereocenters. The summed E-state index contributed by atoms with van der Waals surface area (Å²) in [5, 5.41) is 5.87. The topological polar surface area (TPSA) is 122 Å². The number of carbonyl (C=O) groups excluding carboxylic acids is 2. The van der Waals surface area contributed by atoms with Crippen LogP contribution in [0.25, 0.3) is 0 Å². The zero-order valence-electron chi connectivity index (χ0n) is 21.6. The lowest BCUT2D eigenvalue weighted by atomic mass is 9.94. The summed E-state index contributed by atoms with van der Waals surface area (Å²) in [5.41, 5.74) is 9.94. The average Bonchev–Trinajstić information content (AvgIpc) is 2.91. The second kappa shape index (κ2) is 12.7. The van der Waals surface area contributed by atoms with Crippen LogP contribution in [0, 0.1) is 12.8 Å².